The summed E-state index contributed by atoms with van der Waals surface area (Å²) in [5, 5.41) is 37.4. The van der Waals surface area contributed by atoms with E-state index in [9.17, 15) is 20.1 Å². The number of ketones is 1. The van der Waals surface area contributed by atoms with Crippen molar-refractivity contribution < 1.29 is 29.6 Å². The van der Waals surface area contributed by atoms with E-state index in [1.54, 1.807) is 30.3 Å². The molecule has 0 aliphatic rings. The van der Waals surface area contributed by atoms with Gasteiger partial charge < -0.3 is 35.1 Å². The second kappa shape index (κ2) is 14.9. The standard InChI is InChI=1S/C38H42N2O6/c1-39-32-19-27(17-28-6-4-5-7-31(28)32)18-30(15-25-9-11-34(42)38(21-25)46-3)36(44)22-35(43)29(16-26-12-13-40-23-26)14-24-8-10-33(41)37(20-24)45-2/h4-13,17,19-21,23,29-30,35,39-43H,14-16,18,22H2,1-3H3/t29-,30+,35+/m0/s1. The van der Waals surface area contributed by atoms with Gasteiger partial charge in [-0.15, -0.1) is 0 Å². The highest BCUT2D eigenvalue weighted by atomic mass is 16.5. The number of hydrogen-bond donors (Lipinski definition) is 5. The Balaban J connectivity index is 1.43. The van der Waals surface area contributed by atoms with Crippen molar-refractivity contribution in [2.45, 2.75) is 38.2 Å². The Hall–Kier alpha value is -4.95. The second-order valence-electron chi connectivity index (χ2n) is 11.9. The fraction of sp³-hybridized carbons (Fsp3) is 0.289. The Morgan fingerprint density at radius 2 is 1.41 bits per heavy atom. The van der Waals surface area contributed by atoms with Gasteiger partial charge in [0.05, 0.1) is 20.3 Å². The molecule has 3 atom stereocenters. The van der Waals surface area contributed by atoms with Gasteiger partial charge in [0, 0.05) is 42.9 Å². The number of anilines is 1. The summed E-state index contributed by atoms with van der Waals surface area (Å²) in [4.78, 5) is 17.3. The van der Waals surface area contributed by atoms with Crippen molar-refractivity contribution in [3.8, 4) is 23.0 Å². The van der Waals surface area contributed by atoms with Crippen LogP contribution in [-0.2, 0) is 30.5 Å². The van der Waals surface area contributed by atoms with Crippen LogP contribution in [0.25, 0.3) is 10.8 Å². The summed E-state index contributed by atoms with van der Waals surface area (Å²) in [7, 11) is 4.89. The third-order valence-corrected chi connectivity index (χ3v) is 8.71. The van der Waals surface area contributed by atoms with E-state index in [4.69, 9.17) is 9.47 Å². The molecule has 0 bridgehead atoms. The SMILES string of the molecule is CNc1cc(C[C@@H](Cc2ccc(O)c(OC)c2)C(=O)C[C@@H](O)[C@H](Cc2cc[nH]c2)Cc2ccc(O)c(OC)c2)cc2ccccc12. The van der Waals surface area contributed by atoms with Crippen molar-refractivity contribution in [2.24, 2.45) is 11.8 Å². The highest BCUT2D eigenvalue weighted by Gasteiger charge is 2.28. The Kier molecular flexibility index (Phi) is 10.5. The molecule has 240 valence electrons. The molecule has 1 heterocycles. The molecular formula is C38H42N2O6. The summed E-state index contributed by atoms with van der Waals surface area (Å²) in [6, 6.07) is 24.6. The van der Waals surface area contributed by atoms with Crippen LogP contribution in [0.1, 0.15) is 28.7 Å². The summed E-state index contributed by atoms with van der Waals surface area (Å²) < 4.78 is 10.6. The van der Waals surface area contributed by atoms with E-state index in [-0.39, 0.29) is 29.6 Å². The monoisotopic (exact) mass is 622 g/mol. The first-order valence-electron chi connectivity index (χ1n) is 15.5. The van der Waals surface area contributed by atoms with Crippen LogP contribution in [0.5, 0.6) is 23.0 Å². The first kappa shape index (κ1) is 32.4. The smallest absolute Gasteiger partial charge is 0.160 e. The van der Waals surface area contributed by atoms with E-state index >= 15 is 0 Å². The first-order chi connectivity index (χ1) is 22.3. The van der Waals surface area contributed by atoms with E-state index in [0.29, 0.717) is 37.2 Å². The van der Waals surface area contributed by atoms with Crippen molar-refractivity contribution in [3.05, 3.63) is 114 Å². The molecule has 8 nitrogen and oxygen atoms in total. The van der Waals surface area contributed by atoms with E-state index in [1.807, 2.05) is 43.7 Å². The molecule has 1 aromatic heterocycles. The summed E-state index contributed by atoms with van der Waals surface area (Å²) >= 11 is 0. The number of H-pyrrole nitrogens is 1. The summed E-state index contributed by atoms with van der Waals surface area (Å²) in [6.45, 7) is 0. The maximum Gasteiger partial charge on any atom is 0.160 e. The van der Waals surface area contributed by atoms with Crippen molar-refractivity contribution in [1.29, 1.82) is 0 Å². The zero-order chi connectivity index (χ0) is 32.6. The molecule has 0 aliphatic heterocycles. The number of phenols is 2. The number of fused-ring (bicyclic) bond motifs is 1. The van der Waals surface area contributed by atoms with Gasteiger partial charge in [0.1, 0.15) is 5.78 Å². The molecule has 0 fully saturated rings. The first-order valence-corrected chi connectivity index (χ1v) is 15.5. The highest BCUT2D eigenvalue weighted by molar-refractivity contribution is 5.94. The molecule has 0 saturated heterocycles. The van der Waals surface area contributed by atoms with Crippen LogP contribution in [0.2, 0.25) is 0 Å². The number of hydrogen-bond acceptors (Lipinski definition) is 7. The summed E-state index contributed by atoms with van der Waals surface area (Å²) in [5.74, 6) is 0.0636. The molecule has 4 aromatic carbocycles. The number of nitrogens with one attached hydrogen (secondary N) is 2. The van der Waals surface area contributed by atoms with Gasteiger partial charge >= 0.3 is 0 Å². The topological polar surface area (TPSA) is 124 Å². The largest absolute Gasteiger partial charge is 0.504 e. The van der Waals surface area contributed by atoms with Gasteiger partial charge in [-0.1, -0.05) is 42.5 Å². The average molecular weight is 623 g/mol. The lowest BCUT2D eigenvalue weighted by molar-refractivity contribution is -0.125. The van der Waals surface area contributed by atoms with Crippen molar-refractivity contribution in [2.75, 3.05) is 26.6 Å². The molecule has 0 amide bonds. The Morgan fingerprint density at radius 3 is 2.04 bits per heavy atom. The number of methoxy groups -OCH3 is 2. The molecule has 0 radical (unpaired) electrons. The minimum atomic E-state index is -0.913. The number of carbonyl (C=O) groups is 1. The van der Waals surface area contributed by atoms with Gasteiger partial charge in [-0.2, -0.15) is 0 Å². The van der Waals surface area contributed by atoms with Gasteiger partial charge in [0.25, 0.3) is 0 Å². The van der Waals surface area contributed by atoms with Crippen molar-refractivity contribution >= 4 is 22.2 Å². The lowest BCUT2D eigenvalue weighted by atomic mass is 9.82. The number of phenolic OH excluding ortho intramolecular Hbond substituents is 2. The van der Waals surface area contributed by atoms with Gasteiger partial charge in [-0.25, -0.2) is 0 Å². The number of benzene rings is 4. The van der Waals surface area contributed by atoms with E-state index in [1.165, 1.54) is 14.2 Å². The van der Waals surface area contributed by atoms with Crippen LogP contribution in [0.4, 0.5) is 5.69 Å². The van der Waals surface area contributed by atoms with Gasteiger partial charge in [0.15, 0.2) is 23.0 Å². The number of carbonyl (C=O) groups excluding carboxylic acids is 1. The van der Waals surface area contributed by atoms with Crippen LogP contribution < -0.4 is 14.8 Å². The van der Waals surface area contributed by atoms with Gasteiger partial charge in [-0.05, 0) is 95.6 Å². The maximum absolute atomic E-state index is 14.2. The third-order valence-electron chi connectivity index (χ3n) is 8.71. The van der Waals surface area contributed by atoms with Crippen LogP contribution >= 0.6 is 0 Å². The zero-order valence-electron chi connectivity index (χ0n) is 26.5. The quantitative estimate of drug-likeness (QED) is 0.0908. The van der Waals surface area contributed by atoms with E-state index < -0.39 is 12.0 Å². The average Bonchev–Trinajstić information content (AvgIpc) is 3.58. The van der Waals surface area contributed by atoms with E-state index in [0.717, 1.165) is 38.7 Å². The van der Waals surface area contributed by atoms with Crippen molar-refractivity contribution in [1.82, 2.24) is 4.98 Å². The minimum absolute atomic E-state index is 0.0172. The fourth-order valence-electron chi connectivity index (χ4n) is 6.24. The summed E-state index contributed by atoms with van der Waals surface area (Å²) in [5.41, 5.74) is 4.79. The van der Waals surface area contributed by atoms with Crippen LogP contribution in [0, 0.1) is 11.8 Å². The Bertz CT molecular complexity index is 1770. The normalized spacial score (nSPS) is 13.2. The molecule has 8 heteroatoms. The van der Waals surface area contributed by atoms with Gasteiger partial charge in [0.2, 0.25) is 0 Å². The van der Waals surface area contributed by atoms with Crippen molar-refractivity contribution in [3.63, 3.8) is 0 Å². The second-order valence-corrected chi connectivity index (χ2v) is 11.9. The molecular weight excluding hydrogens is 580 g/mol. The zero-order valence-corrected chi connectivity index (χ0v) is 26.5. The third kappa shape index (κ3) is 7.82. The molecule has 0 aliphatic carbocycles. The minimum Gasteiger partial charge on any atom is -0.504 e. The molecule has 0 spiro atoms. The molecule has 0 saturated carbocycles. The van der Waals surface area contributed by atoms with Crippen LogP contribution in [-0.4, -0.2) is 53.5 Å². The number of aliphatic hydroxyl groups is 1. The van der Waals surface area contributed by atoms with Crippen LogP contribution in [0.3, 0.4) is 0 Å². The highest BCUT2D eigenvalue weighted by Crippen LogP contribution is 2.32. The summed E-state index contributed by atoms with van der Waals surface area (Å²) in [6.07, 6.45) is 4.77. The fourth-order valence-corrected chi connectivity index (χ4v) is 6.24. The Morgan fingerprint density at radius 1 is 0.783 bits per heavy atom. The lowest BCUT2D eigenvalue weighted by Gasteiger charge is -2.25. The molecule has 46 heavy (non-hydrogen) atoms. The number of aliphatic hydroxyl groups excluding tert-OH is 1. The maximum atomic E-state index is 14.2. The van der Waals surface area contributed by atoms with E-state index in [2.05, 4.69) is 34.6 Å². The molecule has 0 unspecified atom stereocenters. The lowest BCUT2D eigenvalue weighted by Crippen LogP contribution is -2.31. The Labute approximate surface area is 269 Å². The number of aromatic nitrogens is 1. The molecule has 5 aromatic rings. The number of aromatic hydroxyl groups is 2. The number of rotatable bonds is 15. The van der Waals surface area contributed by atoms with Gasteiger partial charge in [-0.3, -0.25) is 4.79 Å². The number of Topliss-reactive ketones (excluding diaryl/α,β-unsaturated/α-hetero) is 1. The molecule has 5 rings (SSSR count). The van der Waals surface area contributed by atoms with Crippen LogP contribution in [0.15, 0.2) is 91.3 Å². The number of aromatic amines is 1. The molecule has 5 N–H and O–H groups in total. The predicted molar refractivity (Wildman–Crippen MR) is 181 cm³/mol. The number of ether oxygens (including phenoxy) is 2. The predicted octanol–water partition coefficient (Wildman–Crippen LogP) is 6.46.